The molecule has 6 heteroatoms. The van der Waals surface area contributed by atoms with Gasteiger partial charge in [-0.25, -0.2) is 4.79 Å². The number of fused-ring (bicyclic) bond motifs is 1. The summed E-state index contributed by atoms with van der Waals surface area (Å²) in [5.41, 5.74) is 5.00. The van der Waals surface area contributed by atoms with Gasteiger partial charge in [-0.3, -0.25) is 4.79 Å². The second-order valence-corrected chi connectivity index (χ2v) is 3.85. The van der Waals surface area contributed by atoms with Crippen molar-refractivity contribution in [3.63, 3.8) is 0 Å². The lowest BCUT2D eigenvalue weighted by Crippen LogP contribution is -2.41. The Kier molecular flexibility index (Phi) is 3.36. The molecular weight excluding hydrogens is 238 g/mol. The number of hydrogen-bond acceptors (Lipinski definition) is 5. The van der Waals surface area contributed by atoms with Crippen LogP contribution in [0.1, 0.15) is 6.92 Å². The molecule has 1 aliphatic rings. The quantitative estimate of drug-likeness (QED) is 0.777. The lowest BCUT2D eigenvalue weighted by atomic mass is 10.2. The number of primary amides is 1. The molecule has 18 heavy (non-hydrogen) atoms. The summed E-state index contributed by atoms with van der Waals surface area (Å²) < 4.78 is 15.6. The fourth-order valence-corrected chi connectivity index (χ4v) is 1.44. The zero-order valence-electron chi connectivity index (χ0n) is 9.79. The van der Waals surface area contributed by atoms with E-state index in [1.165, 1.54) is 6.92 Å². The molecule has 1 aromatic carbocycles. The molecule has 1 heterocycles. The average molecular weight is 251 g/mol. The van der Waals surface area contributed by atoms with Gasteiger partial charge >= 0.3 is 5.97 Å². The smallest absolute Gasteiger partial charge is 0.351 e. The number of ether oxygens (including phenoxy) is 3. The largest absolute Gasteiger partial charge is 0.485 e. The number of rotatable bonds is 3. The van der Waals surface area contributed by atoms with Gasteiger partial charge in [-0.1, -0.05) is 12.1 Å². The molecule has 0 bridgehead atoms. The molecular formula is C12H13NO5. The van der Waals surface area contributed by atoms with Gasteiger partial charge in [-0.2, -0.15) is 0 Å². The normalized spacial score (nSPS) is 18.8. The fourth-order valence-electron chi connectivity index (χ4n) is 1.44. The Morgan fingerprint density at radius 3 is 2.72 bits per heavy atom. The van der Waals surface area contributed by atoms with Crippen LogP contribution in [-0.4, -0.2) is 30.7 Å². The molecule has 0 saturated heterocycles. The molecule has 2 N–H and O–H groups in total. The molecule has 0 aromatic heterocycles. The van der Waals surface area contributed by atoms with Crippen molar-refractivity contribution in [1.82, 2.24) is 0 Å². The van der Waals surface area contributed by atoms with Gasteiger partial charge in [0.1, 0.15) is 6.61 Å². The lowest BCUT2D eigenvalue weighted by Gasteiger charge is -2.25. The molecule has 0 unspecified atom stereocenters. The molecule has 1 amide bonds. The third-order valence-electron chi connectivity index (χ3n) is 2.47. The van der Waals surface area contributed by atoms with Crippen molar-refractivity contribution in [3.05, 3.63) is 24.3 Å². The van der Waals surface area contributed by atoms with Gasteiger partial charge in [0, 0.05) is 0 Å². The molecule has 0 aliphatic carbocycles. The highest BCUT2D eigenvalue weighted by Gasteiger charge is 2.30. The summed E-state index contributed by atoms with van der Waals surface area (Å²) in [6, 6.07) is 6.99. The van der Waals surface area contributed by atoms with E-state index in [0.29, 0.717) is 11.5 Å². The van der Waals surface area contributed by atoms with Gasteiger partial charge in [0.05, 0.1) is 0 Å². The van der Waals surface area contributed by atoms with E-state index in [-0.39, 0.29) is 6.61 Å². The average Bonchev–Trinajstić information content (AvgIpc) is 2.37. The maximum absolute atomic E-state index is 11.7. The van der Waals surface area contributed by atoms with E-state index in [1.807, 2.05) is 0 Å². The van der Waals surface area contributed by atoms with Crippen LogP contribution < -0.4 is 15.2 Å². The second-order valence-electron chi connectivity index (χ2n) is 3.85. The summed E-state index contributed by atoms with van der Waals surface area (Å²) in [6.45, 7) is 1.44. The van der Waals surface area contributed by atoms with Crippen LogP contribution in [0.4, 0.5) is 0 Å². The summed E-state index contributed by atoms with van der Waals surface area (Å²) in [5.74, 6) is -0.335. The fraction of sp³-hybridized carbons (Fsp3) is 0.333. The number of carbonyl (C=O) groups excluding carboxylic acids is 2. The van der Waals surface area contributed by atoms with Crippen LogP contribution >= 0.6 is 0 Å². The third-order valence-corrected chi connectivity index (χ3v) is 2.47. The Hall–Kier alpha value is -2.24. The lowest BCUT2D eigenvalue weighted by molar-refractivity contribution is -0.162. The standard InChI is InChI=1S/C12H13NO5/c1-7(11(13)14)17-12(15)10-6-16-8-4-2-3-5-9(8)18-10/h2-5,7,10H,6H2,1H3,(H2,13,14)/t7-,10-/m0/s1. The summed E-state index contributed by atoms with van der Waals surface area (Å²) in [5, 5.41) is 0. The highest BCUT2D eigenvalue weighted by Crippen LogP contribution is 2.31. The summed E-state index contributed by atoms with van der Waals surface area (Å²) >= 11 is 0. The van der Waals surface area contributed by atoms with Gasteiger partial charge in [-0.15, -0.1) is 0 Å². The summed E-state index contributed by atoms with van der Waals surface area (Å²) in [4.78, 5) is 22.5. The topological polar surface area (TPSA) is 87.8 Å². The Balaban J connectivity index is 2.00. The van der Waals surface area contributed by atoms with Gasteiger partial charge in [0.2, 0.25) is 6.10 Å². The zero-order valence-corrected chi connectivity index (χ0v) is 9.79. The Labute approximate surface area is 104 Å². The van der Waals surface area contributed by atoms with Crippen LogP contribution in [0.15, 0.2) is 24.3 Å². The molecule has 0 saturated carbocycles. The van der Waals surface area contributed by atoms with Gasteiger partial charge in [-0.05, 0) is 19.1 Å². The first-order chi connectivity index (χ1) is 8.58. The number of amides is 1. The maximum atomic E-state index is 11.7. The van der Waals surface area contributed by atoms with Crippen molar-refractivity contribution in [2.24, 2.45) is 5.73 Å². The van der Waals surface area contributed by atoms with E-state index < -0.39 is 24.1 Å². The van der Waals surface area contributed by atoms with Crippen molar-refractivity contribution < 1.29 is 23.8 Å². The molecule has 0 radical (unpaired) electrons. The van der Waals surface area contributed by atoms with Crippen LogP contribution in [0, 0.1) is 0 Å². The van der Waals surface area contributed by atoms with Crippen molar-refractivity contribution in [2.75, 3.05) is 6.61 Å². The maximum Gasteiger partial charge on any atom is 0.351 e. The number of para-hydroxylation sites is 2. The number of benzene rings is 1. The molecule has 6 nitrogen and oxygen atoms in total. The summed E-state index contributed by atoms with van der Waals surface area (Å²) in [7, 11) is 0. The monoisotopic (exact) mass is 251 g/mol. The van der Waals surface area contributed by atoms with Crippen LogP contribution in [-0.2, 0) is 14.3 Å². The van der Waals surface area contributed by atoms with E-state index in [0.717, 1.165) is 0 Å². The minimum absolute atomic E-state index is 0.0430. The first kappa shape index (κ1) is 12.2. The minimum atomic E-state index is -0.988. The van der Waals surface area contributed by atoms with E-state index in [9.17, 15) is 9.59 Å². The number of hydrogen-bond donors (Lipinski definition) is 1. The molecule has 0 fully saturated rings. The van der Waals surface area contributed by atoms with Crippen LogP contribution in [0.2, 0.25) is 0 Å². The van der Waals surface area contributed by atoms with E-state index in [4.69, 9.17) is 19.9 Å². The molecule has 1 aliphatic heterocycles. The number of nitrogens with two attached hydrogens (primary N) is 1. The molecule has 96 valence electrons. The highest BCUT2D eigenvalue weighted by atomic mass is 16.6. The van der Waals surface area contributed by atoms with Crippen molar-refractivity contribution in [2.45, 2.75) is 19.1 Å². The van der Waals surface area contributed by atoms with Gasteiger partial charge in [0.15, 0.2) is 17.6 Å². The van der Waals surface area contributed by atoms with E-state index in [2.05, 4.69) is 0 Å². The van der Waals surface area contributed by atoms with Crippen LogP contribution in [0.5, 0.6) is 11.5 Å². The van der Waals surface area contributed by atoms with Crippen molar-refractivity contribution in [3.8, 4) is 11.5 Å². The first-order valence-electron chi connectivity index (χ1n) is 5.46. The van der Waals surface area contributed by atoms with Gasteiger partial charge < -0.3 is 19.9 Å². The molecule has 0 spiro atoms. The second kappa shape index (κ2) is 4.95. The minimum Gasteiger partial charge on any atom is -0.485 e. The third kappa shape index (κ3) is 2.53. The molecule has 2 rings (SSSR count). The van der Waals surface area contributed by atoms with Crippen molar-refractivity contribution >= 4 is 11.9 Å². The van der Waals surface area contributed by atoms with E-state index in [1.54, 1.807) is 24.3 Å². The highest BCUT2D eigenvalue weighted by molar-refractivity contribution is 5.83. The molecule has 1 aromatic rings. The van der Waals surface area contributed by atoms with Crippen LogP contribution in [0.25, 0.3) is 0 Å². The Morgan fingerprint density at radius 2 is 2.06 bits per heavy atom. The Morgan fingerprint density at radius 1 is 1.39 bits per heavy atom. The van der Waals surface area contributed by atoms with E-state index >= 15 is 0 Å². The SMILES string of the molecule is C[C@H](OC(=O)[C@@H]1COc2ccccc2O1)C(N)=O. The predicted molar refractivity (Wildman–Crippen MR) is 61.1 cm³/mol. The van der Waals surface area contributed by atoms with Gasteiger partial charge in [0.25, 0.3) is 5.91 Å². The Bertz CT molecular complexity index is 473. The van der Waals surface area contributed by atoms with Crippen molar-refractivity contribution in [1.29, 1.82) is 0 Å². The molecule has 2 atom stereocenters. The number of esters is 1. The summed E-state index contributed by atoms with van der Waals surface area (Å²) in [6.07, 6.45) is -1.88. The first-order valence-corrected chi connectivity index (χ1v) is 5.46. The van der Waals surface area contributed by atoms with Crippen LogP contribution in [0.3, 0.4) is 0 Å². The predicted octanol–water partition coefficient (Wildman–Crippen LogP) is 0.243. The zero-order chi connectivity index (χ0) is 13.1. The number of carbonyl (C=O) groups is 2.